The molecule has 1 atom stereocenters. The SMILES string of the molecule is Cc1c(C(c2cncn2C)S(=O)(=O)c2ccccc2)c2cc(F)ccc2n1CC(=O)O. The molecule has 160 valence electrons. The van der Waals surface area contributed by atoms with Crippen LogP contribution in [0.2, 0.25) is 0 Å². The summed E-state index contributed by atoms with van der Waals surface area (Å²) in [7, 11) is -2.30. The molecule has 0 fully saturated rings. The highest BCUT2D eigenvalue weighted by Gasteiger charge is 2.37. The third-order valence-corrected chi connectivity index (χ3v) is 7.42. The minimum atomic E-state index is -3.99. The van der Waals surface area contributed by atoms with Crippen LogP contribution in [0.1, 0.15) is 22.2 Å². The topological polar surface area (TPSA) is 94.2 Å². The molecule has 1 unspecified atom stereocenters. The predicted octanol–water partition coefficient (Wildman–Crippen LogP) is 3.47. The smallest absolute Gasteiger partial charge is 0.323 e. The Morgan fingerprint density at radius 1 is 1.19 bits per heavy atom. The van der Waals surface area contributed by atoms with Crippen molar-refractivity contribution in [3.8, 4) is 0 Å². The zero-order valence-electron chi connectivity index (χ0n) is 16.9. The van der Waals surface area contributed by atoms with Crippen molar-refractivity contribution in [3.63, 3.8) is 0 Å². The van der Waals surface area contributed by atoms with Crippen molar-refractivity contribution in [2.24, 2.45) is 7.05 Å². The molecule has 4 aromatic rings. The van der Waals surface area contributed by atoms with E-state index in [1.54, 1.807) is 36.7 Å². The number of benzene rings is 2. The van der Waals surface area contributed by atoms with Crippen molar-refractivity contribution in [2.45, 2.75) is 23.6 Å². The van der Waals surface area contributed by atoms with Gasteiger partial charge in [-0.15, -0.1) is 0 Å². The molecule has 9 heteroatoms. The number of hydrogen-bond donors (Lipinski definition) is 1. The van der Waals surface area contributed by atoms with Gasteiger partial charge in [0.2, 0.25) is 0 Å². The highest BCUT2D eigenvalue weighted by molar-refractivity contribution is 7.92. The number of nitrogens with zero attached hydrogens (tertiary/aromatic N) is 3. The molecule has 1 N–H and O–H groups in total. The number of imidazole rings is 1. The molecule has 0 spiro atoms. The van der Waals surface area contributed by atoms with E-state index >= 15 is 0 Å². The quantitative estimate of drug-likeness (QED) is 0.494. The molecule has 0 saturated carbocycles. The van der Waals surface area contributed by atoms with E-state index in [1.807, 2.05) is 0 Å². The summed E-state index contributed by atoms with van der Waals surface area (Å²) in [5.74, 6) is -1.62. The van der Waals surface area contributed by atoms with Gasteiger partial charge in [-0.1, -0.05) is 18.2 Å². The van der Waals surface area contributed by atoms with Gasteiger partial charge in [0, 0.05) is 35.4 Å². The standard InChI is InChI=1S/C22H20FN3O4S/c1-14-21(17-10-15(23)8-9-18(17)26(14)12-20(27)28)22(19-11-24-13-25(19)2)31(29,30)16-6-4-3-5-7-16/h3-11,13,22H,12H2,1-2H3,(H,27,28). The van der Waals surface area contributed by atoms with Crippen LogP contribution in [0.3, 0.4) is 0 Å². The van der Waals surface area contributed by atoms with Crippen molar-refractivity contribution in [2.75, 3.05) is 0 Å². The van der Waals surface area contributed by atoms with Gasteiger partial charge in [-0.2, -0.15) is 0 Å². The van der Waals surface area contributed by atoms with Gasteiger partial charge in [0.1, 0.15) is 17.6 Å². The Hall–Kier alpha value is -3.46. The van der Waals surface area contributed by atoms with E-state index in [0.29, 0.717) is 27.9 Å². The number of aliphatic carboxylic acids is 1. The maximum atomic E-state index is 14.2. The number of halogens is 1. The lowest BCUT2D eigenvalue weighted by atomic mass is 10.1. The molecule has 0 aliphatic rings. The Kier molecular flexibility index (Phi) is 5.14. The number of rotatable bonds is 6. The van der Waals surface area contributed by atoms with E-state index in [1.165, 1.54) is 47.4 Å². The Morgan fingerprint density at radius 2 is 1.90 bits per heavy atom. The van der Waals surface area contributed by atoms with E-state index < -0.39 is 26.9 Å². The van der Waals surface area contributed by atoms with Crippen LogP contribution in [0.4, 0.5) is 4.39 Å². The van der Waals surface area contributed by atoms with Crippen molar-refractivity contribution in [1.82, 2.24) is 14.1 Å². The van der Waals surface area contributed by atoms with Gasteiger partial charge >= 0.3 is 5.97 Å². The second-order valence-electron chi connectivity index (χ2n) is 7.31. The summed E-state index contributed by atoms with van der Waals surface area (Å²) >= 11 is 0. The molecule has 31 heavy (non-hydrogen) atoms. The highest BCUT2D eigenvalue weighted by Crippen LogP contribution is 2.41. The molecule has 0 bridgehead atoms. The highest BCUT2D eigenvalue weighted by atomic mass is 32.2. The Balaban J connectivity index is 2.10. The molecular weight excluding hydrogens is 421 g/mol. The Labute approximate surface area is 178 Å². The van der Waals surface area contributed by atoms with E-state index in [2.05, 4.69) is 4.98 Å². The van der Waals surface area contributed by atoms with Gasteiger partial charge in [0.05, 0.1) is 16.9 Å². The lowest BCUT2D eigenvalue weighted by molar-refractivity contribution is -0.137. The molecule has 4 rings (SSSR count). The molecule has 0 aliphatic carbocycles. The largest absolute Gasteiger partial charge is 0.480 e. The first-order valence-electron chi connectivity index (χ1n) is 9.47. The fourth-order valence-electron chi connectivity index (χ4n) is 3.98. The summed E-state index contributed by atoms with van der Waals surface area (Å²) in [6.07, 6.45) is 2.96. The fraction of sp³-hybridized carbons (Fsp3) is 0.182. The van der Waals surface area contributed by atoms with Crippen molar-refractivity contribution < 1.29 is 22.7 Å². The Morgan fingerprint density at radius 3 is 2.52 bits per heavy atom. The number of aryl methyl sites for hydroxylation is 1. The normalized spacial score (nSPS) is 12.9. The summed E-state index contributed by atoms with van der Waals surface area (Å²) in [4.78, 5) is 15.7. The van der Waals surface area contributed by atoms with Gasteiger partial charge in [-0.05, 0) is 37.3 Å². The average Bonchev–Trinajstić information content (AvgIpc) is 3.25. The lowest BCUT2D eigenvalue weighted by Crippen LogP contribution is -2.19. The van der Waals surface area contributed by atoms with Crippen LogP contribution in [-0.4, -0.2) is 33.6 Å². The van der Waals surface area contributed by atoms with Crippen LogP contribution < -0.4 is 0 Å². The summed E-state index contributed by atoms with van der Waals surface area (Å²) in [5, 5.41) is 8.54. The molecule has 0 aliphatic heterocycles. The van der Waals surface area contributed by atoms with E-state index in [4.69, 9.17) is 0 Å². The van der Waals surface area contributed by atoms with E-state index in [0.717, 1.165) is 0 Å². The van der Waals surface area contributed by atoms with Crippen LogP contribution in [0, 0.1) is 12.7 Å². The maximum absolute atomic E-state index is 14.2. The van der Waals surface area contributed by atoms with Crippen LogP contribution in [-0.2, 0) is 28.2 Å². The number of carboxylic acid groups (broad SMARTS) is 1. The Bertz CT molecular complexity index is 1390. The molecule has 7 nitrogen and oxygen atoms in total. The molecule has 2 heterocycles. The zero-order valence-corrected chi connectivity index (χ0v) is 17.7. The summed E-state index contributed by atoms with van der Waals surface area (Å²) in [5.41, 5.74) is 1.62. The maximum Gasteiger partial charge on any atom is 0.323 e. The number of aromatic nitrogens is 3. The average molecular weight is 441 g/mol. The second kappa shape index (κ2) is 7.66. The summed E-state index contributed by atoms with van der Waals surface area (Å²) in [6.45, 7) is 1.28. The first kappa shape index (κ1) is 20.8. The number of carbonyl (C=O) groups is 1. The lowest BCUT2D eigenvalue weighted by Gasteiger charge is -2.20. The van der Waals surface area contributed by atoms with Crippen molar-refractivity contribution in [1.29, 1.82) is 0 Å². The van der Waals surface area contributed by atoms with Gasteiger partial charge in [0.25, 0.3) is 0 Å². The molecule has 2 aromatic carbocycles. The summed E-state index contributed by atoms with van der Waals surface area (Å²) < 4.78 is 45.0. The molecular formula is C22H20FN3O4S. The minimum absolute atomic E-state index is 0.108. The van der Waals surface area contributed by atoms with Crippen LogP contribution in [0.5, 0.6) is 0 Å². The monoisotopic (exact) mass is 441 g/mol. The molecule has 0 amide bonds. The zero-order chi connectivity index (χ0) is 22.3. The minimum Gasteiger partial charge on any atom is -0.480 e. The van der Waals surface area contributed by atoms with Gasteiger partial charge < -0.3 is 14.2 Å². The molecule has 2 aromatic heterocycles. The van der Waals surface area contributed by atoms with Crippen LogP contribution >= 0.6 is 0 Å². The fourth-order valence-corrected chi connectivity index (χ4v) is 5.94. The van der Waals surface area contributed by atoms with Crippen LogP contribution in [0.25, 0.3) is 10.9 Å². The number of carboxylic acids is 1. The molecule has 0 radical (unpaired) electrons. The van der Waals surface area contributed by atoms with Crippen LogP contribution in [0.15, 0.2) is 66.0 Å². The second-order valence-corrected chi connectivity index (χ2v) is 9.34. The first-order valence-corrected chi connectivity index (χ1v) is 11.0. The van der Waals surface area contributed by atoms with Gasteiger partial charge in [-0.25, -0.2) is 17.8 Å². The number of fused-ring (bicyclic) bond motifs is 1. The third-order valence-electron chi connectivity index (χ3n) is 5.39. The number of sulfone groups is 1. The first-order chi connectivity index (χ1) is 14.7. The van der Waals surface area contributed by atoms with E-state index in [-0.39, 0.29) is 11.4 Å². The van der Waals surface area contributed by atoms with E-state index in [9.17, 15) is 22.7 Å². The predicted molar refractivity (Wildman–Crippen MR) is 113 cm³/mol. The summed E-state index contributed by atoms with van der Waals surface area (Å²) in [6, 6.07) is 11.9. The molecule has 0 saturated heterocycles. The van der Waals surface area contributed by atoms with Crippen molar-refractivity contribution >= 4 is 26.7 Å². The van der Waals surface area contributed by atoms with Crippen molar-refractivity contribution in [3.05, 3.63) is 83.8 Å². The third kappa shape index (κ3) is 3.50. The van der Waals surface area contributed by atoms with Gasteiger partial charge in [-0.3, -0.25) is 4.79 Å². The van der Waals surface area contributed by atoms with Gasteiger partial charge in [0.15, 0.2) is 9.84 Å². The number of hydrogen-bond acceptors (Lipinski definition) is 4.